The Bertz CT molecular complexity index is 903. The lowest BCUT2D eigenvalue weighted by Crippen LogP contribution is -2.45. The minimum Gasteiger partial charge on any atom is -0.508 e. The Hall–Kier alpha value is -1.82. The van der Waals surface area contributed by atoms with E-state index in [-0.39, 0.29) is 0 Å². The van der Waals surface area contributed by atoms with Crippen LogP contribution in [0.4, 0.5) is 5.13 Å². The van der Waals surface area contributed by atoms with Crippen LogP contribution in [0.1, 0.15) is 11.1 Å². The van der Waals surface area contributed by atoms with Crippen LogP contribution < -0.4 is 4.90 Å². The molecular formula is C19H20ClN3OS. The molecule has 1 fully saturated rings. The summed E-state index contributed by atoms with van der Waals surface area (Å²) in [5.41, 5.74) is 3.20. The molecule has 2 aromatic carbocycles. The number of nitrogens with zero attached hydrogens (tertiary/aromatic N) is 3. The van der Waals surface area contributed by atoms with Gasteiger partial charge in [0, 0.05) is 37.7 Å². The monoisotopic (exact) mass is 373 g/mol. The number of hydrogen-bond acceptors (Lipinski definition) is 5. The Morgan fingerprint density at radius 2 is 1.92 bits per heavy atom. The van der Waals surface area contributed by atoms with Crippen molar-refractivity contribution < 1.29 is 5.11 Å². The zero-order valence-electron chi connectivity index (χ0n) is 14.1. The number of rotatable bonds is 3. The molecule has 0 atom stereocenters. The number of anilines is 1. The molecular weight excluding hydrogens is 354 g/mol. The van der Waals surface area contributed by atoms with Crippen LogP contribution in [0.25, 0.3) is 10.2 Å². The van der Waals surface area contributed by atoms with E-state index in [9.17, 15) is 5.11 Å². The second-order valence-corrected chi connectivity index (χ2v) is 7.94. The van der Waals surface area contributed by atoms with Crippen LogP contribution in [-0.2, 0) is 6.54 Å². The number of fused-ring (bicyclic) bond motifs is 1. The highest BCUT2D eigenvalue weighted by Crippen LogP contribution is 2.31. The van der Waals surface area contributed by atoms with Crippen LogP contribution in [0.5, 0.6) is 5.75 Å². The predicted molar refractivity (Wildman–Crippen MR) is 105 cm³/mol. The fraction of sp³-hybridized carbons (Fsp3) is 0.316. The van der Waals surface area contributed by atoms with Crippen LogP contribution in [0.15, 0.2) is 36.4 Å². The lowest BCUT2D eigenvalue weighted by atomic mass is 10.1. The number of aromatic nitrogens is 1. The van der Waals surface area contributed by atoms with Crippen molar-refractivity contribution in [3.8, 4) is 5.75 Å². The lowest BCUT2D eigenvalue weighted by molar-refractivity contribution is 0.249. The highest BCUT2D eigenvalue weighted by molar-refractivity contribution is 7.22. The van der Waals surface area contributed by atoms with Crippen LogP contribution >= 0.6 is 22.9 Å². The molecule has 6 heteroatoms. The average Bonchev–Trinajstić information content (AvgIpc) is 3.02. The van der Waals surface area contributed by atoms with E-state index in [0.717, 1.165) is 58.7 Å². The third-order valence-corrected chi connectivity index (χ3v) is 5.96. The van der Waals surface area contributed by atoms with Gasteiger partial charge in [-0.2, -0.15) is 0 Å². The summed E-state index contributed by atoms with van der Waals surface area (Å²) in [5, 5.41) is 11.5. The summed E-state index contributed by atoms with van der Waals surface area (Å²) in [5.74, 6) is 0.365. The highest BCUT2D eigenvalue weighted by Gasteiger charge is 2.20. The van der Waals surface area contributed by atoms with Gasteiger partial charge in [-0.1, -0.05) is 35.1 Å². The maximum atomic E-state index is 9.65. The normalized spacial score (nSPS) is 15.8. The molecule has 1 saturated heterocycles. The van der Waals surface area contributed by atoms with Gasteiger partial charge in [-0.3, -0.25) is 4.90 Å². The first-order chi connectivity index (χ1) is 12.1. The van der Waals surface area contributed by atoms with Crippen molar-refractivity contribution >= 4 is 38.3 Å². The van der Waals surface area contributed by atoms with E-state index in [0.29, 0.717) is 5.75 Å². The number of halogens is 1. The van der Waals surface area contributed by atoms with Crippen molar-refractivity contribution in [3.63, 3.8) is 0 Å². The average molecular weight is 374 g/mol. The molecule has 3 aromatic rings. The van der Waals surface area contributed by atoms with Crippen LogP contribution in [0, 0.1) is 6.92 Å². The van der Waals surface area contributed by atoms with Crippen molar-refractivity contribution in [1.82, 2.24) is 9.88 Å². The van der Waals surface area contributed by atoms with Gasteiger partial charge in [0.05, 0.1) is 10.2 Å². The first kappa shape index (κ1) is 16.6. The van der Waals surface area contributed by atoms with E-state index in [1.807, 2.05) is 31.2 Å². The summed E-state index contributed by atoms with van der Waals surface area (Å²) >= 11 is 7.78. The number of thiazole rings is 1. The van der Waals surface area contributed by atoms with Crippen molar-refractivity contribution in [2.45, 2.75) is 13.5 Å². The van der Waals surface area contributed by atoms with Gasteiger partial charge in [-0.25, -0.2) is 4.98 Å². The lowest BCUT2D eigenvalue weighted by Gasteiger charge is -2.34. The molecule has 0 aliphatic carbocycles. The molecule has 130 valence electrons. The minimum atomic E-state index is 0.365. The minimum absolute atomic E-state index is 0.365. The first-order valence-electron chi connectivity index (χ1n) is 8.40. The highest BCUT2D eigenvalue weighted by atomic mass is 35.5. The maximum Gasteiger partial charge on any atom is 0.186 e. The van der Waals surface area contributed by atoms with Crippen molar-refractivity contribution in [2.24, 2.45) is 0 Å². The number of hydrogen-bond donors (Lipinski definition) is 1. The maximum absolute atomic E-state index is 9.65. The number of benzene rings is 2. The van der Waals surface area contributed by atoms with Gasteiger partial charge in [0.25, 0.3) is 0 Å². The third-order valence-electron chi connectivity index (χ3n) is 4.65. The van der Waals surface area contributed by atoms with Crippen molar-refractivity contribution in [2.75, 3.05) is 31.1 Å². The van der Waals surface area contributed by atoms with Crippen LogP contribution in [0.3, 0.4) is 0 Å². The Morgan fingerprint density at radius 1 is 1.12 bits per heavy atom. The van der Waals surface area contributed by atoms with E-state index in [1.54, 1.807) is 17.4 Å². The zero-order valence-corrected chi connectivity index (χ0v) is 15.6. The van der Waals surface area contributed by atoms with Gasteiger partial charge >= 0.3 is 0 Å². The molecule has 0 spiro atoms. The molecule has 0 bridgehead atoms. The Balaban J connectivity index is 1.41. The second kappa shape index (κ2) is 6.83. The van der Waals surface area contributed by atoms with E-state index in [2.05, 4.69) is 15.9 Å². The van der Waals surface area contributed by atoms with Crippen molar-refractivity contribution in [1.29, 1.82) is 0 Å². The van der Waals surface area contributed by atoms with E-state index in [1.165, 1.54) is 5.56 Å². The summed E-state index contributed by atoms with van der Waals surface area (Å²) in [6, 6.07) is 11.7. The second-order valence-electron chi connectivity index (χ2n) is 6.49. The Morgan fingerprint density at radius 3 is 2.68 bits per heavy atom. The standard InChI is InChI=1S/C19H20ClN3OS/c1-13-10-14(2-5-17(13)24)12-22-6-8-23(9-7-22)19-21-16-4-3-15(20)11-18(16)25-19/h2-5,10-11,24H,6-9,12H2,1H3. The van der Waals surface area contributed by atoms with Gasteiger partial charge in [0.1, 0.15) is 5.75 Å². The van der Waals surface area contributed by atoms with E-state index >= 15 is 0 Å². The molecule has 1 aromatic heterocycles. The first-order valence-corrected chi connectivity index (χ1v) is 9.60. The fourth-order valence-electron chi connectivity index (χ4n) is 3.19. The molecule has 1 aliphatic rings. The van der Waals surface area contributed by atoms with Gasteiger partial charge < -0.3 is 10.0 Å². The fourth-order valence-corrected chi connectivity index (χ4v) is 4.49. The smallest absolute Gasteiger partial charge is 0.186 e. The quantitative estimate of drug-likeness (QED) is 0.743. The molecule has 0 amide bonds. The number of phenolic OH excluding ortho intramolecular Hbond substituents is 1. The topological polar surface area (TPSA) is 39.6 Å². The summed E-state index contributed by atoms with van der Waals surface area (Å²) in [6.45, 7) is 6.84. The number of aryl methyl sites for hydroxylation is 1. The molecule has 0 unspecified atom stereocenters. The molecule has 0 radical (unpaired) electrons. The largest absolute Gasteiger partial charge is 0.508 e. The summed E-state index contributed by atoms with van der Waals surface area (Å²) in [4.78, 5) is 9.56. The molecule has 2 heterocycles. The van der Waals surface area contributed by atoms with Crippen LogP contribution in [-0.4, -0.2) is 41.2 Å². The third kappa shape index (κ3) is 3.59. The van der Waals surface area contributed by atoms with Crippen LogP contribution in [0.2, 0.25) is 5.02 Å². The molecule has 25 heavy (non-hydrogen) atoms. The summed E-state index contributed by atoms with van der Waals surface area (Å²) in [7, 11) is 0. The van der Waals surface area contributed by atoms with Gasteiger partial charge in [0.15, 0.2) is 5.13 Å². The molecule has 1 N–H and O–H groups in total. The van der Waals surface area contributed by atoms with Crippen molar-refractivity contribution in [3.05, 3.63) is 52.5 Å². The number of phenols is 1. The summed E-state index contributed by atoms with van der Waals surface area (Å²) < 4.78 is 1.14. The number of aromatic hydroxyl groups is 1. The van der Waals surface area contributed by atoms with E-state index in [4.69, 9.17) is 16.6 Å². The van der Waals surface area contributed by atoms with Gasteiger partial charge in [-0.15, -0.1) is 0 Å². The molecule has 4 nitrogen and oxygen atoms in total. The summed E-state index contributed by atoms with van der Waals surface area (Å²) in [6.07, 6.45) is 0. The molecule has 4 rings (SSSR count). The van der Waals surface area contributed by atoms with Gasteiger partial charge in [0.2, 0.25) is 0 Å². The van der Waals surface area contributed by atoms with Gasteiger partial charge in [-0.05, 0) is 42.3 Å². The predicted octanol–water partition coefficient (Wildman–Crippen LogP) is 4.29. The number of piperazine rings is 1. The Kier molecular flexibility index (Phi) is 4.54. The molecule has 0 saturated carbocycles. The van der Waals surface area contributed by atoms with E-state index < -0.39 is 0 Å². The zero-order chi connectivity index (χ0) is 17.4. The Labute approximate surface area is 156 Å². The molecule has 1 aliphatic heterocycles. The SMILES string of the molecule is Cc1cc(CN2CCN(c3nc4ccc(Cl)cc4s3)CC2)ccc1O.